The summed E-state index contributed by atoms with van der Waals surface area (Å²) >= 11 is 10.2. The number of Topliss-reactive ketones (excluding diaryl/α,β-unsaturated/α-hetero) is 2. The highest BCUT2D eigenvalue weighted by Crippen LogP contribution is 2.23. The molecule has 3 rings (SSSR count). The number of aromatic nitrogens is 4. The van der Waals surface area contributed by atoms with Gasteiger partial charge >= 0.3 is 0 Å². The molecule has 0 saturated heterocycles. The molecule has 4 N–H and O–H groups in total. The molecule has 2 aromatic rings. The van der Waals surface area contributed by atoms with E-state index in [9.17, 15) is 19.8 Å². The number of rotatable bonds is 0. The Morgan fingerprint density at radius 1 is 0.818 bits per heavy atom. The quantitative estimate of drug-likeness (QED) is 0.556. The Morgan fingerprint density at radius 2 is 1.18 bits per heavy atom. The molecule has 10 heteroatoms. The molecule has 0 fully saturated rings. The number of ketones is 2. The minimum absolute atomic E-state index is 0.894. The van der Waals surface area contributed by atoms with E-state index in [1.807, 2.05) is 36.9 Å². The van der Waals surface area contributed by atoms with Gasteiger partial charge in [0, 0.05) is 12.1 Å². The molecule has 0 unspecified atom stereocenters. The Morgan fingerprint density at radius 3 is 1.36 bits per heavy atom. The van der Waals surface area contributed by atoms with Crippen molar-refractivity contribution in [2.24, 2.45) is 0 Å². The van der Waals surface area contributed by atoms with Crippen LogP contribution in [0.25, 0.3) is 0 Å². The highest BCUT2D eigenvalue weighted by atomic mass is 35.5. The highest BCUT2D eigenvalue weighted by Gasteiger charge is 2.22. The van der Waals surface area contributed by atoms with Crippen LogP contribution in [-0.4, -0.2) is 21.8 Å². The van der Waals surface area contributed by atoms with Gasteiger partial charge in [-0.3, -0.25) is 9.59 Å². The zero-order chi connectivity index (χ0) is 16.5. The van der Waals surface area contributed by atoms with Crippen LogP contribution in [-0.2, 0) is 9.59 Å². The number of hydrogen-bond acceptors (Lipinski definition) is 4. The van der Waals surface area contributed by atoms with Gasteiger partial charge in [-0.15, -0.1) is 10.2 Å². The first-order chi connectivity index (χ1) is 10.5. The number of carbonyl (C=O) groups excluding carboxylic acids is 2. The molecule has 116 valence electrons. The van der Waals surface area contributed by atoms with Crippen molar-refractivity contribution in [3.63, 3.8) is 0 Å². The second-order valence-corrected chi connectivity index (χ2v) is 4.33. The summed E-state index contributed by atoms with van der Waals surface area (Å²) in [5.41, 5.74) is 0. The molecule has 0 saturated carbocycles. The number of carbonyl (C=O) groups is 2. The first-order valence-corrected chi connectivity index (χ1v) is 6.44. The van der Waals surface area contributed by atoms with Crippen LogP contribution < -0.4 is 20.4 Å². The molecule has 8 nitrogen and oxygen atoms in total. The summed E-state index contributed by atoms with van der Waals surface area (Å²) in [5, 5.41) is 30.5. The van der Waals surface area contributed by atoms with Crippen molar-refractivity contribution >= 4 is 34.8 Å². The van der Waals surface area contributed by atoms with Gasteiger partial charge in [0.15, 0.2) is 24.0 Å². The van der Waals surface area contributed by atoms with E-state index < -0.39 is 33.1 Å². The van der Waals surface area contributed by atoms with Gasteiger partial charge in [-0.25, -0.2) is 0 Å². The van der Waals surface area contributed by atoms with E-state index in [0.717, 1.165) is 0 Å². The number of halogens is 2. The first kappa shape index (κ1) is 17.5. The van der Waals surface area contributed by atoms with Gasteiger partial charge in [-0.1, -0.05) is 23.2 Å². The van der Waals surface area contributed by atoms with Crippen molar-refractivity contribution in [1.29, 1.82) is 0 Å². The fraction of sp³-hybridized carbons (Fsp3) is 0. The van der Waals surface area contributed by atoms with Crippen LogP contribution in [0.5, 0.6) is 0 Å². The second kappa shape index (κ2) is 8.65. The molecule has 2 aromatic heterocycles. The van der Waals surface area contributed by atoms with Gasteiger partial charge in [0.2, 0.25) is 0 Å². The van der Waals surface area contributed by atoms with Crippen molar-refractivity contribution in [2.75, 3.05) is 0 Å². The number of aromatic amines is 4. The maximum absolute atomic E-state index is 10.7. The van der Waals surface area contributed by atoms with E-state index in [-0.39, 0.29) is 0 Å². The number of hydrogen-bond donors (Lipinski definition) is 2. The third kappa shape index (κ3) is 4.76. The minimum Gasteiger partial charge on any atom is -0.869 e. The lowest BCUT2D eigenvalue weighted by molar-refractivity contribution is -0.449. The molecule has 1 aliphatic carbocycles. The van der Waals surface area contributed by atoms with Crippen LogP contribution >= 0.6 is 23.2 Å². The monoisotopic (exact) mass is 344 g/mol. The second-order valence-electron chi connectivity index (χ2n) is 3.57. The molecule has 22 heavy (non-hydrogen) atoms. The average molecular weight is 345 g/mol. The summed E-state index contributed by atoms with van der Waals surface area (Å²) in [7, 11) is 0. The molecular weight excluding hydrogens is 335 g/mol. The summed E-state index contributed by atoms with van der Waals surface area (Å²) in [6.45, 7) is 0. The summed E-state index contributed by atoms with van der Waals surface area (Å²) in [6, 6.07) is 3.78. The van der Waals surface area contributed by atoms with Gasteiger partial charge in [-0.2, -0.15) is 10.2 Å². The van der Waals surface area contributed by atoms with E-state index in [1.54, 1.807) is 0 Å². The smallest absolute Gasteiger partial charge is 0.192 e. The molecule has 0 aromatic carbocycles. The van der Waals surface area contributed by atoms with Crippen LogP contribution in [0.1, 0.15) is 0 Å². The molecule has 0 amide bonds. The number of allylic oxidation sites excluding steroid dienone is 2. The topological polar surface area (TPSA) is 140 Å². The molecule has 2 heterocycles. The predicted octanol–water partition coefficient (Wildman–Crippen LogP) is -1.58. The summed E-state index contributed by atoms with van der Waals surface area (Å²) in [6.07, 6.45) is 7.28. The number of nitrogens with one attached hydrogen (secondary N) is 4. The molecular formula is C12H10Cl2N4O4. The normalized spacial score (nSPS) is 14.1. The zero-order valence-electron chi connectivity index (χ0n) is 10.9. The molecule has 1 aliphatic rings. The maximum Gasteiger partial charge on any atom is 0.192 e. The Kier molecular flexibility index (Phi) is 6.87. The first-order valence-electron chi connectivity index (χ1n) is 5.68. The van der Waals surface area contributed by atoms with Crippen molar-refractivity contribution < 1.29 is 30.0 Å². The molecule has 0 radical (unpaired) electrons. The summed E-state index contributed by atoms with van der Waals surface area (Å²) in [5.74, 6) is -4.92. The molecule has 0 bridgehead atoms. The largest absolute Gasteiger partial charge is 0.869 e. The van der Waals surface area contributed by atoms with E-state index in [4.69, 9.17) is 23.2 Å². The Bertz CT molecular complexity index is 555. The van der Waals surface area contributed by atoms with Crippen molar-refractivity contribution in [3.05, 3.63) is 58.5 Å². The Hall–Kier alpha value is -2.58. The fourth-order valence-corrected chi connectivity index (χ4v) is 1.43. The zero-order valence-corrected chi connectivity index (χ0v) is 12.4. The van der Waals surface area contributed by atoms with Crippen molar-refractivity contribution in [3.8, 4) is 0 Å². The van der Waals surface area contributed by atoms with E-state index in [2.05, 4.69) is 20.4 Å². The molecule has 0 spiro atoms. The van der Waals surface area contributed by atoms with Crippen LogP contribution in [0.3, 0.4) is 0 Å². The predicted molar refractivity (Wildman–Crippen MR) is 70.5 cm³/mol. The average Bonchev–Trinajstić information content (AvgIpc) is 3.26. The van der Waals surface area contributed by atoms with Crippen LogP contribution in [0.2, 0.25) is 0 Å². The Balaban J connectivity index is 0.000000197. The van der Waals surface area contributed by atoms with Gasteiger partial charge in [0.25, 0.3) is 0 Å². The summed E-state index contributed by atoms with van der Waals surface area (Å²) in [4.78, 5) is 21.4. The fourth-order valence-electron chi connectivity index (χ4n) is 1.09. The van der Waals surface area contributed by atoms with Gasteiger partial charge in [0.1, 0.15) is 0 Å². The lowest BCUT2D eigenvalue weighted by Gasteiger charge is -2.23. The third-order valence-electron chi connectivity index (χ3n) is 2.09. The minimum atomic E-state index is -1.23. The SMILES string of the molecule is O=C1C([O-])=C(Cl)C(=O)C([O-])=C1Cl.c1c[nH][nH+]c1.c1c[nH][nH+]c1. The van der Waals surface area contributed by atoms with E-state index >= 15 is 0 Å². The van der Waals surface area contributed by atoms with Crippen LogP contribution in [0, 0.1) is 0 Å². The Labute approximate surface area is 134 Å². The summed E-state index contributed by atoms with van der Waals surface area (Å²) < 4.78 is 0. The highest BCUT2D eigenvalue weighted by molar-refractivity contribution is 6.55. The molecule has 0 aliphatic heterocycles. The van der Waals surface area contributed by atoms with Gasteiger partial charge in [-0.05, 0) is 11.5 Å². The lowest BCUT2D eigenvalue weighted by Crippen LogP contribution is -2.31. The van der Waals surface area contributed by atoms with E-state index in [1.165, 1.54) is 0 Å². The van der Waals surface area contributed by atoms with Gasteiger partial charge < -0.3 is 10.2 Å². The van der Waals surface area contributed by atoms with Crippen LogP contribution in [0.4, 0.5) is 0 Å². The standard InChI is InChI=1S/C6H2Cl2O4.2C3H4N2/c7-1-3(9)5(11)2(8)6(12)4(1)10;2*1-2-4-5-3-1/h9,12H;2*1-3H,(H,4,5). The maximum atomic E-state index is 10.7. The van der Waals surface area contributed by atoms with E-state index in [0.29, 0.717) is 0 Å². The molecule has 0 atom stereocenters. The van der Waals surface area contributed by atoms with Crippen molar-refractivity contribution in [2.45, 2.75) is 0 Å². The van der Waals surface area contributed by atoms with Crippen molar-refractivity contribution in [1.82, 2.24) is 10.2 Å². The lowest BCUT2D eigenvalue weighted by atomic mass is 10.1. The third-order valence-corrected chi connectivity index (χ3v) is 2.78. The van der Waals surface area contributed by atoms with Gasteiger partial charge in [0.05, 0.1) is 22.5 Å². The van der Waals surface area contributed by atoms with Crippen LogP contribution in [0.15, 0.2) is 58.5 Å². The number of H-pyrrole nitrogens is 4.